The Balaban J connectivity index is 2.93. The standard InChI is InChI=1S/C40H46S2/c1-12-21-31(26-28(10)17-6)30(18-7)27-32(22-13-2)33(19-8)39-35(23-14-3)29(11)38(42-39)40-34(20-9)36(24-15-4)37(41-40)25-16-5/h12-27H,1,6,9H2,2-5,7-8,10-11H3/b22-13-,23-14-,24-15-,25-16-,28-26-,30-18+,31-21+,32-27+,33-19-. The second-order valence-corrected chi connectivity index (χ2v) is 11.7. The van der Waals surface area contributed by atoms with Gasteiger partial charge in [0.2, 0.25) is 0 Å². The molecular weight excluding hydrogens is 545 g/mol. The molecule has 0 fully saturated rings. The zero-order valence-electron chi connectivity index (χ0n) is 26.7. The van der Waals surface area contributed by atoms with Gasteiger partial charge in [-0.25, -0.2) is 0 Å². The number of hydrogen-bond donors (Lipinski definition) is 0. The molecule has 0 atom stereocenters. The highest BCUT2D eigenvalue weighted by Gasteiger charge is 2.23. The van der Waals surface area contributed by atoms with E-state index in [0.717, 1.165) is 22.3 Å². The molecule has 0 aliphatic rings. The van der Waals surface area contributed by atoms with Crippen molar-refractivity contribution in [1.29, 1.82) is 0 Å². The molecule has 0 amide bonds. The third kappa shape index (κ3) is 7.97. The largest absolute Gasteiger partial charge is 0.134 e. The maximum absolute atomic E-state index is 4.21. The lowest BCUT2D eigenvalue weighted by Gasteiger charge is -2.12. The van der Waals surface area contributed by atoms with Crippen molar-refractivity contribution in [2.24, 2.45) is 0 Å². The Hall–Kier alpha value is -3.72. The molecular formula is C40H46S2. The number of rotatable bonds is 13. The first-order valence-electron chi connectivity index (χ1n) is 14.4. The second-order valence-electron chi connectivity index (χ2n) is 9.62. The molecule has 0 aliphatic heterocycles. The van der Waals surface area contributed by atoms with Crippen molar-refractivity contribution in [2.75, 3.05) is 0 Å². The molecule has 0 nitrogen and oxygen atoms in total. The van der Waals surface area contributed by atoms with Crippen LogP contribution in [-0.4, -0.2) is 0 Å². The fourth-order valence-corrected chi connectivity index (χ4v) is 7.61. The normalized spacial score (nSPS) is 14.3. The highest BCUT2D eigenvalue weighted by atomic mass is 32.1. The van der Waals surface area contributed by atoms with Gasteiger partial charge < -0.3 is 0 Å². The van der Waals surface area contributed by atoms with Crippen LogP contribution in [0, 0.1) is 6.92 Å². The van der Waals surface area contributed by atoms with Crippen molar-refractivity contribution >= 4 is 52.6 Å². The molecule has 42 heavy (non-hydrogen) atoms. The Bertz CT molecular complexity index is 1570. The summed E-state index contributed by atoms with van der Waals surface area (Å²) in [5, 5.41) is 0. The second kappa shape index (κ2) is 17.3. The van der Waals surface area contributed by atoms with Crippen LogP contribution in [0.1, 0.15) is 80.5 Å². The molecule has 0 N–H and O–H groups in total. The monoisotopic (exact) mass is 590 g/mol. The van der Waals surface area contributed by atoms with Crippen LogP contribution in [0.15, 0.2) is 115 Å². The van der Waals surface area contributed by atoms with E-state index in [1.54, 1.807) is 0 Å². The summed E-state index contributed by atoms with van der Waals surface area (Å²) in [6.07, 6.45) is 33.9. The molecule has 0 unspecified atom stereocenters. The van der Waals surface area contributed by atoms with Gasteiger partial charge >= 0.3 is 0 Å². The molecule has 2 rings (SSSR count). The highest BCUT2D eigenvalue weighted by molar-refractivity contribution is 7.23. The van der Waals surface area contributed by atoms with Gasteiger partial charge in [0.15, 0.2) is 0 Å². The van der Waals surface area contributed by atoms with Gasteiger partial charge in [-0.3, -0.25) is 0 Å². The molecule has 0 aliphatic carbocycles. The smallest absolute Gasteiger partial charge is 0.0530 e. The summed E-state index contributed by atoms with van der Waals surface area (Å²) in [5.74, 6) is 0. The van der Waals surface area contributed by atoms with Crippen molar-refractivity contribution in [2.45, 2.75) is 55.4 Å². The maximum Gasteiger partial charge on any atom is 0.0530 e. The average Bonchev–Trinajstić information content (AvgIpc) is 3.48. The van der Waals surface area contributed by atoms with E-state index in [2.05, 4.69) is 154 Å². The Morgan fingerprint density at radius 1 is 0.667 bits per heavy atom. The van der Waals surface area contributed by atoms with Crippen LogP contribution < -0.4 is 0 Å². The first-order valence-corrected chi connectivity index (χ1v) is 16.1. The lowest BCUT2D eigenvalue weighted by atomic mass is 9.93. The van der Waals surface area contributed by atoms with Gasteiger partial charge in [-0.1, -0.05) is 110 Å². The van der Waals surface area contributed by atoms with E-state index >= 15 is 0 Å². The Morgan fingerprint density at radius 3 is 1.86 bits per heavy atom. The van der Waals surface area contributed by atoms with E-state index in [9.17, 15) is 0 Å². The van der Waals surface area contributed by atoms with Crippen molar-refractivity contribution in [3.63, 3.8) is 0 Å². The molecule has 0 saturated carbocycles. The minimum absolute atomic E-state index is 1.10. The number of allylic oxidation sites excluding steroid dienone is 17. The van der Waals surface area contributed by atoms with Gasteiger partial charge in [-0.15, -0.1) is 22.7 Å². The third-order valence-corrected chi connectivity index (χ3v) is 9.44. The van der Waals surface area contributed by atoms with Gasteiger partial charge in [0.25, 0.3) is 0 Å². The van der Waals surface area contributed by atoms with Crippen molar-refractivity contribution < 1.29 is 0 Å². The summed E-state index contributed by atoms with van der Waals surface area (Å²) in [7, 11) is 0. The van der Waals surface area contributed by atoms with Crippen molar-refractivity contribution in [3.8, 4) is 9.75 Å². The maximum atomic E-state index is 4.21. The Morgan fingerprint density at radius 2 is 1.33 bits per heavy atom. The molecule has 0 saturated heterocycles. The van der Waals surface area contributed by atoms with Gasteiger partial charge in [-0.2, -0.15) is 0 Å². The summed E-state index contributed by atoms with van der Waals surface area (Å²) < 4.78 is 0. The fourth-order valence-electron chi connectivity index (χ4n) is 4.75. The molecule has 0 aromatic carbocycles. The predicted octanol–water partition coefficient (Wildman–Crippen LogP) is 13.6. The molecule has 0 spiro atoms. The topological polar surface area (TPSA) is 0 Å². The van der Waals surface area contributed by atoms with Gasteiger partial charge in [-0.05, 0) is 107 Å². The summed E-state index contributed by atoms with van der Waals surface area (Å²) in [5.41, 5.74) is 10.7. The van der Waals surface area contributed by atoms with Gasteiger partial charge in [0.05, 0.1) is 4.88 Å². The Labute approximate surface area is 263 Å². The summed E-state index contributed by atoms with van der Waals surface area (Å²) in [6, 6.07) is 0. The van der Waals surface area contributed by atoms with E-state index in [4.69, 9.17) is 0 Å². The van der Waals surface area contributed by atoms with E-state index in [0.29, 0.717) is 0 Å². The number of hydrogen-bond acceptors (Lipinski definition) is 2. The lowest BCUT2D eigenvalue weighted by Crippen LogP contribution is -1.92. The average molecular weight is 591 g/mol. The van der Waals surface area contributed by atoms with Crippen molar-refractivity contribution in [3.05, 3.63) is 147 Å². The fraction of sp³-hybridized carbons (Fsp3) is 0.200. The molecule has 2 aromatic rings. The van der Waals surface area contributed by atoms with E-state index in [1.807, 2.05) is 40.9 Å². The molecule has 218 valence electrons. The van der Waals surface area contributed by atoms with Crippen LogP contribution >= 0.6 is 22.7 Å². The SMILES string of the molecule is C=C/C=C(\C=C(\C)C=C)C(/C=C(\C=C/C)C(=C/C)/c1sc(-c2sc(/C=C\C)c(/C=C\C)c2C=C)c(C)c1/C=C\C)=C/C. The third-order valence-electron chi connectivity index (χ3n) is 6.75. The predicted molar refractivity (Wildman–Crippen MR) is 199 cm³/mol. The summed E-state index contributed by atoms with van der Waals surface area (Å²) >= 11 is 3.71. The minimum Gasteiger partial charge on any atom is -0.134 e. The molecule has 2 aromatic heterocycles. The van der Waals surface area contributed by atoms with E-state index in [-0.39, 0.29) is 0 Å². The first-order chi connectivity index (χ1) is 20.3. The van der Waals surface area contributed by atoms with Crippen molar-refractivity contribution in [1.82, 2.24) is 0 Å². The van der Waals surface area contributed by atoms with Crippen LogP contribution in [-0.2, 0) is 0 Å². The highest BCUT2D eigenvalue weighted by Crippen LogP contribution is 2.48. The Kier molecular flexibility index (Phi) is 14.2. The van der Waals surface area contributed by atoms with E-state index in [1.165, 1.54) is 47.3 Å². The van der Waals surface area contributed by atoms with Crippen LogP contribution in [0.3, 0.4) is 0 Å². The zero-order chi connectivity index (χ0) is 31.2. The summed E-state index contributed by atoms with van der Waals surface area (Å²) in [4.78, 5) is 5.08. The zero-order valence-corrected chi connectivity index (χ0v) is 28.3. The van der Waals surface area contributed by atoms with Crippen LogP contribution in [0.2, 0.25) is 0 Å². The molecule has 0 radical (unpaired) electrons. The number of thiophene rings is 2. The van der Waals surface area contributed by atoms with Crippen LogP contribution in [0.5, 0.6) is 0 Å². The lowest BCUT2D eigenvalue weighted by molar-refractivity contribution is 1.42. The minimum atomic E-state index is 1.10. The van der Waals surface area contributed by atoms with Gasteiger partial charge in [0.1, 0.15) is 0 Å². The quantitative estimate of drug-likeness (QED) is 0.204. The van der Waals surface area contributed by atoms with Crippen LogP contribution in [0.25, 0.3) is 39.6 Å². The van der Waals surface area contributed by atoms with Crippen LogP contribution in [0.4, 0.5) is 0 Å². The molecule has 2 heteroatoms. The first kappa shape index (κ1) is 34.5. The summed E-state index contributed by atoms with van der Waals surface area (Å²) in [6.45, 7) is 28.9. The molecule has 2 heterocycles. The van der Waals surface area contributed by atoms with E-state index < -0.39 is 0 Å². The van der Waals surface area contributed by atoms with Gasteiger partial charge in [0, 0.05) is 20.2 Å². The molecule has 0 bridgehead atoms.